The van der Waals surface area contributed by atoms with Gasteiger partial charge in [0.15, 0.2) is 0 Å². The van der Waals surface area contributed by atoms with Crippen LogP contribution >= 0.6 is 11.3 Å². The van der Waals surface area contributed by atoms with Gasteiger partial charge in [-0.15, -0.1) is 11.3 Å². The molecule has 0 atom stereocenters. The van der Waals surface area contributed by atoms with E-state index in [4.69, 9.17) is 9.47 Å². The Hall–Kier alpha value is -1.57. The fourth-order valence-electron chi connectivity index (χ4n) is 1.86. The van der Waals surface area contributed by atoms with E-state index in [1.807, 2.05) is 17.5 Å². The molecule has 2 aromatic rings. The Labute approximate surface area is 128 Å². The molecule has 0 unspecified atom stereocenters. The SMILES string of the molecule is COc1ccc(OC)c(S(=O)(=O)N(C)Cc2cccs2)c1. The third kappa shape index (κ3) is 3.37. The molecule has 1 heterocycles. The summed E-state index contributed by atoms with van der Waals surface area (Å²) in [6.45, 7) is 0.320. The smallest absolute Gasteiger partial charge is 0.246 e. The van der Waals surface area contributed by atoms with Gasteiger partial charge in [-0.1, -0.05) is 6.07 Å². The minimum Gasteiger partial charge on any atom is -0.497 e. The lowest BCUT2D eigenvalue weighted by atomic mass is 10.3. The van der Waals surface area contributed by atoms with Crippen LogP contribution in [0.4, 0.5) is 0 Å². The summed E-state index contributed by atoms with van der Waals surface area (Å²) in [6.07, 6.45) is 0. The average molecular weight is 327 g/mol. The van der Waals surface area contributed by atoms with Crippen molar-refractivity contribution in [3.63, 3.8) is 0 Å². The second-order valence-corrected chi connectivity index (χ2v) is 7.40. The number of sulfonamides is 1. The van der Waals surface area contributed by atoms with Gasteiger partial charge in [0.05, 0.1) is 14.2 Å². The van der Waals surface area contributed by atoms with Gasteiger partial charge in [-0.3, -0.25) is 0 Å². The molecule has 1 aromatic carbocycles. The molecule has 0 amide bonds. The first-order valence-electron chi connectivity index (χ1n) is 6.19. The Morgan fingerprint density at radius 1 is 1.19 bits per heavy atom. The zero-order chi connectivity index (χ0) is 15.5. The van der Waals surface area contributed by atoms with E-state index in [0.717, 1.165) is 4.88 Å². The highest BCUT2D eigenvalue weighted by Crippen LogP contribution is 2.30. The molecule has 0 saturated heterocycles. The Bertz CT molecular complexity index is 696. The highest BCUT2D eigenvalue weighted by atomic mass is 32.2. The van der Waals surface area contributed by atoms with Gasteiger partial charge in [-0.05, 0) is 23.6 Å². The molecule has 0 aliphatic rings. The second kappa shape index (κ2) is 6.46. The predicted octanol–water partition coefficient (Wildman–Crippen LogP) is 2.59. The Morgan fingerprint density at radius 2 is 1.95 bits per heavy atom. The molecule has 0 saturated carbocycles. The lowest BCUT2D eigenvalue weighted by Crippen LogP contribution is -2.26. The standard InChI is InChI=1S/C14H17NO4S2/c1-15(10-12-5-4-8-20-12)21(16,17)14-9-11(18-2)6-7-13(14)19-3/h4-9H,10H2,1-3H3. The van der Waals surface area contributed by atoms with Crippen LogP contribution in [0.3, 0.4) is 0 Å². The first-order chi connectivity index (χ1) is 9.98. The van der Waals surface area contributed by atoms with E-state index in [0.29, 0.717) is 18.0 Å². The van der Waals surface area contributed by atoms with Gasteiger partial charge in [-0.2, -0.15) is 4.31 Å². The zero-order valence-corrected chi connectivity index (χ0v) is 13.7. The van der Waals surface area contributed by atoms with E-state index in [-0.39, 0.29) is 4.90 Å². The molecule has 0 aliphatic heterocycles. The second-order valence-electron chi connectivity index (χ2n) is 4.36. The minimum atomic E-state index is -3.66. The number of methoxy groups -OCH3 is 2. The Balaban J connectivity index is 2.38. The van der Waals surface area contributed by atoms with Crippen molar-refractivity contribution in [2.75, 3.05) is 21.3 Å². The highest BCUT2D eigenvalue weighted by molar-refractivity contribution is 7.89. The summed E-state index contributed by atoms with van der Waals surface area (Å²) in [5, 5.41) is 1.92. The summed E-state index contributed by atoms with van der Waals surface area (Å²) in [5.41, 5.74) is 0. The van der Waals surface area contributed by atoms with E-state index in [9.17, 15) is 8.42 Å². The maximum Gasteiger partial charge on any atom is 0.246 e. The van der Waals surface area contributed by atoms with Crippen molar-refractivity contribution in [1.29, 1.82) is 0 Å². The number of ether oxygens (including phenoxy) is 2. The quantitative estimate of drug-likeness (QED) is 0.818. The minimum absolute atomic E-state index is 0.100. The van der Waals surface area contributed by atoms with Crippen LogP contribution in [0.25, 0.3) is 0 Å². The van der Waals surface area contributed by atoms with Crippen molar-refractivity contribution in [2.24, 2.45) is 0 Å². The molecular formula is C14H17NO4S2. The topological polar surface area (TPSA) is 55.8 Å². The predicted molar refractivity (Wildman–Crippen MR) is 82.5 cm³/mol. The lowest BCUT2D eigenvalue weighted by Gasteiger charge is -2.18. The van der Waals surface area contributed by atoms with Crippen LogP contribution in [0.5, 0.6) is 11.5 Å². The van der Waals surface area contributed by atoms with Crippen LogP contribution in [0.1, 0.15) is 4.88 Å². The maximum atomic E-state index is 12.7. The van der Waals surface area contributed by atoms with Crippen LogP contribution in [0.2, 0.25) is 0 Å². The van der Waals surface area contributed by atoms with E-state index in [2.05, 4.69) is 0 Å². The molecule has 21 heavy (non-hydrogen) atoms. The maximum absolute atomic E-state index is 12.7. The normalized spacial score (nSPS) is 11.6. The average Bonchev–Trinajstić information content (AvgIpc) is 2.99. The molecule has 0 aliphatic carbocycles. The molecule has 1 aromatic heterocycles. The third-order valence-electron chi connectivity index (χ3n) is 3.02. The molecular weight excluding hydrogens is 310 g/mol. The molecule has 5 nitrogen and oxygen atoms in total. The van der Waals surface area contributed by atoms with E-state index in [1.54, 1.807) is 19.2 Å². The Morgan fingerprint density at radius 3 is 2.52 bits per heavy atom. The number of thiophene rings is 1. The van der Waals surface area contributed by atoms with Gasteiger partial charge < -0.3 is 9.47 Å². The first-order valence-corrected chi connectivity index (χ1v) is 8.51. The summed E-state index contributed by atoms with van der Waals surface area (Å²) in [7, 11) is 0.832. The van der Waals surface area contributed by atoms with Crippen LogP contribution in [0.15, 0.2) is 40.6 Å². The summed E-state index contributed by atoms with van der Waals surface area (Å²) in [5.74, 6) is 0.771. The fourth-order valence-corrected chi connectivity index (χ4v) is 4.01. The lowest BCUT2D eigenvalue weighted by molar-refractivity contribution is 0.388. The molecule has 0 fully saturated rings. The van der Waals surface area contributed by atoms with Gasteiger partial charge >= 0.3 is 0 Å². The summed E-state index contributed by atoms with van der Waals surface area (Å²) >= 11 is 1.52. The number of nitrogens with zero attached hydrogens (tertiary/aromatic N) is 1. The van der Waals surface area contributed by atoms with Crippen molar-refractivity contribution in [3.8, 4) is 11.5 Å². The fraction of sp³-hybridized carbons (Fsp3) is 0.286. The summed E-state index contributed by atoms with van der Waals surface area (Å²) in [6, 6.07) is 8.52. The zero-order valence-electron chi connectivity index (χ0n) is 12.1. The van der Waals surface area contributed by atoms with E-state index < -0.39 is 10.0 Å². The van der Waals surface area contributed by atoms with E-state index >= 15 is 0 Å². The highest BCUT2D eigenvalue weighted by Gasteiger charge is 2.25. The number of rotatable bonds is 6. The number of hydrogen-bond acceptors (Lipinski definition) is 5. The molecule has 0 spiro atoms. The van der Waals surface area contributed by atoms with Gasteiger partial charge in [-0.25, -0.2) is 8.42 Å². The monoisotopic (exact) mass is 327 g/mol. The molecule has 0 radical (unpaired) electrons. The number of benzene rings is 1. The Kier molecular flexibility index (Phi) is 4.87. The van der Waals surface area contributed by atoms with Crippen molar-refractivity contribution in [2.45, 2.75) is 11.4 Å². The van der Waals surface area contributed by atoms with Gasteiger partial charge in [0.2, 0.25) is 10.0 Å². The largest absolute Gasteiger partial charge is 0.497 e. The summed E-state index contributed by atoms with van der Waals surface area (Å²) < 4.78 is 37.0. The van der Waals surface area contributed by atoms with Crippen molar-refractivity contribution in [3.05, 3.63) is 40.6 Å². The van der Waals surface area contributed by atoms with Crippen molar-refractivity contribution < 1.29 is 17.9 Å². The van der Waals surface area contributed by atoms with Crippen molar-refractivity contribution >= 4 is 21.4 Å². The molecule has 7 heteroatoms. The van der Waals surface area contributed by atoms with Gasteiger partial charge in [0, 0.05) is 24.5 Å². The van der Waals surface area contributed by atoms with Gasteiger partial charge in [0.1, 0.15) is 16.4 Å². The van der Waals surface area contributed by atoms with Crippen LogP contribution in [-0.2, 0) is 16.6 Å². The molecule has 0 bridgehead atoms. The van der Waals surface area contributed by atoms with E-state index in [1.165, 1.54) is 35.9 Å². The van der Waals surface area contributed by atoms with Gasteiger partial charge in [0.25, 0.3) is 0 Å². The first kappa shape index (κ1) is 15.8. The summed E-state index contributed by atoms with van der Waals surface area (Å²) in [4.78, 5) is 1.08. The molecule has 0 N–H and O–H groups in total. The molecule has 2 rings (SSSR count). The number of hydrogen-bond donors (Lipinski definition) is 0. The third-order valence-corrected chi connectivity index (χ3v) is 5.70. The van der Waals surface area contributed by atoms with Crippen LogP contribution < -0.4 is 9.47 Å². The van der Waals surface area contributed by atoms with Crippen LogP contribution in [0, 0.1) is 0 Å². The van der Waals surface area contributed by atoms with Crippen LogP contribution in [-0.4, -0.2) is 34.0 Å². The van der Waals surface area contributed by atoms with Crippen molar-refractivity contribution in [1.82, 2.24) is 4.31 Å². The molecule has 114 valence electrons.